The van der Waals surface area contributed by atoms with Crippen LogP contribution >= 0.6 is 0 Å². The maximum atomic E-state index is 10.5. The number of rotatable bonds is 4. The van der Waals surface area contributed by atoms with Crippen LogP contribution in [0.4, 0.5) is 0 Å². The summed E-state index contributed by atoms with van der Waals surface area (Å²) in [6, 6.07) is 0. The average Bonchev–Trinajstić information content (AvgIpc) is 1.89. The second-order valence-electron chi connectivity index (χ2n) is 1.84. The Labute approximate surface area is 60.2 Å². The Bertz CT molecular complexity index is 138. The molecule has 56 valence electrons. The molecule has 0 heterocycles. The van der Waals surface area contributed by atoms with E-state index in [1.807, 2.05) is 12.2 Å². The average molecular weight is 141 g/mol. The van der Waals surface area contributed by atoms with Crippen molar-refractivity contribution in [2.24, 2.45) is 0 Å². The minimum atomic E-state index is -0.282. The summed E-state index contributed by atoms with van der Waals surface area (Å²) in [5.41, 5.74) is 0. The zero-order valence-corrected chi connectivity index (χ0v) is 5.98. The van der Waals surface area contributed by atoms with Crippen molar-refractivity contribution in [1.29, 1.82) is 5.26 Å². The monoisotopic (exact) mass is 141 g/mol. The van der Waals surface area contributed by atoms with Crippen molar-refractivity contribution in [1.82, 2.24) is 10.6 Å². The molecular weight excluding hydrogens is 130 g/mol. The summed E-state index contributed by atoms with van der Waals surface area (Å²) < 4.78 is 0. The zero-order valence-electron chi connectivity index (χ0n) is 5.98. The van der Waals surface area contributed by atoms with Crippen LogP contribution in [0, 0.1) is 11.5 Å². The molecule has 2 N–H and O–H groups in total. The molecule has 0 atom stereocenters. The summed E-state index contributed by atoms with van der Waals surface area (Å²) in [5.74, 6) is -0.282. The van der Waals surface area contributed by atoms with Crippen molar-refractivity contribution >= 4 is 5.91 Å². The quantitative estimate of drug-likeness (QED) is 0.317. The molecule has 0 unspecified atom stereocenters. The molecule has 10 heavy (non-hydrogen) atoms. The molecule has 4 heteroatoms. The minimum Gasteiger partial charge on any atom is -0.308 e. The summed E-state index contributed by atoms with van der Waals surface area (Å²) in [4.78, 5) is 10.5. The van der Waals surface area contributed by atoms with Crippen LogP contribution in [-0.2, 0) is 4.79 Å². The fourth-order valence-corrected chi connectivity index (χ4v) is 0.485. The van der Waals surface area contributed by atoms with Crippen LogP contribution in [0.1, 0.15) is 13.3 Å². The number of hydrogen-bond acceptors (Lipinski definition) is 3. The van der Waals surface area contributed by atoms with Gasteiger partial charge >= 0.3 is 0 Å². The minimum absolute atomic E-state index is 0.224. The van der Waals surface area contributed by atoms with Crippen molar-refractivity contribution in [2.75, 3.05) is 13.1 Å². The first-order chi connectivity index (χ1) is 4.81. The van der Waals surface area contributed by atoms with Gasteiger partial charge in [-0.15, -0.1) is 0 Å². The molecule has 0 radical (unpaired) electrons. The van der Waals surface area contributed by atoms with Crippen LogP contribution in [0.2, 0.25) is 0 Å². The topological polar surface area (TPSA) is 64.9 Å². The van der Waals surface area contributed by atoms with Gasteiger partial charge < -0.3 is 5.32 Å². The maximum absolute atomic E-state index is 10.5. The number of nitriles is 1. The molecule has 0 saturated heterocycles. The van der Waals surface area contributed by atoms with Gasteiger partial charge in [0.15, 0.2) is 6.19 Å². The lowest BCUT2D eigenvalue weighted by atomic mass is 10.4. The third-order valence-electron chi connectivity index (χ3n) is 0.908. The first-order valence-corrected chi connectivity index (χ1v) is 3.20. The molecule has 0 rings (SSSR count). The van der Waals surface area contributed by atoms with Crippen LogP contribution in [0.25, 0.3) is 0 Å². The molecule has 0 saturated carbocycles. The molecule has 0 aromatic carbocycles. The maximum Gasteiger partial charge on any atom is 0.246 e. The predicted molar refractivity (Wildman–Crippen MR) is 36.9 cm³/mol. The molecule has 0 fully saturated rings. The Kier molecular flexibility index (Phi) is 5.39. The Morgan fingerprint density at radius 1 is 1.70 bits per heavy atom. The van der Waals surface area contributed by atoms with Crippen LogP contribution in [0.5, 0.6) is 0 Å². The van der Waals surface area contributed by atoms with Gasteiger partial charge in [0, 0.05) is 0 Å². The first-order valence-electron chi connectivity index (χ1n) is 3.20. The van der Waals surface area contributed by atoms with Crippen LogP contribution in [-0.4, -0.2) is 19.0 Å². The van der Waals surface area contributed by atoms with Crippen LogP contribution in [0.3, 0.4) is 0 Å². The third-order valence-corrected chi connectivity index (χ3v) is 0.908. The lowest BCUT2D eigenvalue weighted by Crippen LogP contribution is -2.31. The molecule has 0 aliphatic carbocycles. The van der Waals surface area contributed by atoms with E-state index in [1.165, 1.54) is 0 Å². The Morgan fingerprint density at radius 2 is 2.40 bits per heavy atom. The number of carbonyl (C=O) groups excluding carboxylic acids is 1. The molecule has 0 bridgehead atoms. The highest BCUT2D eigenvalue weighted by atomic mass is 16.1. The van der Waals surface area contributed by atoms with E-state index >= 15 is 0 Å². The number of carbonyl (C=O) groups is 1. The highest BCUT2D eigenvalue weighted by Crippen LogP contribution is 1.68. The summed E-state index contributed by atoms with van der Waals surface area (Å²) >= 11 is 0. The molecule has 0 aromatic rings. The van der Waals surface area contributed by atoms with Gasteiger partial charge in [0.05, 0.1) is 6.54 Å². The number of hydrogen-bond donors (Lipinski definition) is 2. The van der Waals surface area contributed by atoms with E-state index in [9.17, 15) is 4.79 Å². The number of nitrogens with zero attached hydrogens (tertiary/aromatic N) is 1. The molecule has 4 nitrogen and oxygen atoms in total. The van der Waals surface area contributed by atoms with Crippen molar-refractivity contribution in [2.45, 2.75) is 13.3 Å². The van der Waals surface area contributed by atoms with E-state index in [0.717, 1.165) is 13.0 Å². The Balaban J connectivity index is 3.15. The van der Waals surface area contributed by atoms with Crippen LogP contribution in [0.15, 0.2) is 0 Å². The largest absolute Gasteiger partial charge is 0.308 e. The predicted octanol–water partition coefficient (Wildman–Crippen LogP) is -0.417. The van der Waals surface area contributed by atoms with E-state index in [1.54, 1.807) is 6.19 Å². The standard InChI is InChI=1S/C6H11N3O/c1-2-3-8-4-6(10)9-5-7/h8H,2-4H2,1H3,(H,9,10). The van der Waals surface area contributed by atoms with E-state index in [0.29, 0.717) is 0 Å². The fourth-order valence-electron chi connectivity index (χ4n) is 0.485. The fraction of sp³-hybridized carbons (Fsp3) is 0.667. The van der Waals surface area contributed by atoms with Gasteiger partial charge in [-0.05, 0) is 13.0 Å². The number of amides is 1. The van der Waals surface area contributed by atoms with Crippen molar-refractivity contribution < 1.29 is 4.79 Å². The zero-order chi connectivity index (χ0) is 7.82. The Hall–Kier alpha value is -1.08. The Morgan fingerprint density at radius 3 is 2.90 bits per heavy atom. The van der Waals surface area contributed by atoms with Gasteiger partial charge in [0.2, 0.25) is 5.91 Å². The van der Waals surface area contributed by atoms with E-state index in [2.05, 4.69) is 5.32 Å². The highest BCUT2D eigenvalue weighted by molar-refractivity contribution is 5.79. The summed E-state index contributed by atoms with van der Waals surface area (Å²) in [7, 11) is 0. The van der Waals surface area contributed by atoms with Gasteiger partial charge in [-0.25, -0.2) is 0 Å². The second-order valence-corrected chi connectivity index (χ2v) is 1.84. The van der Waals surface area contributed by atoms with Crippen LogP contribution < -0.4 is 10.6 Å². The van der Waals surface area contributed by atoms with Crippen molar-refractivity contribution in [3.63, 3.8) is 0 Å². The first kappa shape index (κ1) is 8.92. The van der Waals surface area contributed by atoms with Gasteiger partial charge in [0.1, 0.15) is 0 Å². The summed E-state index contributed by atoms with van der Waals surface area (Å²) in [6.45, 7) is 3.04. The second kappa shape index (κ2) is 6.05. The highest BCUT2D eigenvalue weighted by Gasteiger charge is 1.95. The molecule has 0 aromatic heterocycles. The molecule has 0 aliphatic heterocycles. The molecular formula is C6H11N3O. The summed E-state index contributed by atoms with van der Waals surface area (Å²) in [6.07, 6.45) is 2.54. The van der Waals surface area contributed by atoms with E-state index in [4.69, 9.17) is 5.26 Å². The van der Waals surface area contributed by atoms with Gasteiger partial charge in [-0.3, -0.25) is 10.1 Å². The van der Waals surface area contributed by atoms with Gasteiger partial charge in [0.25, 0.3) is 0 Å². The van der Waals surface area contributed by atoms with Gasteiger partial charge in [-0.2, -0.15) is 5.26 Å². The molecule has 0 aliphatic rings. The van der Waals surface area contributed by atoms with Crippen molar-refractivity contribution in [3.8, 4) is 6.19 Å². The van der Waals surface area contributed by atoms with Gasteiger partial charge in [-0.1, -0.05) is 6.92 Å². The van der Waals surface area contributed by atoms with Crippen molar-refractivity contribution in [3.05, 3.63) is 0 Å². The van der Waals surface area contributed by atoms with E-state index < -0.39 is 0 Å². The SMILES string of the molecule is CCCNCC(=O)NC#N. The normalized spacial score (nSPS) is 8.40. The summed E-state index contributed by atoms with van der Waals surface area (Å²) in [5, 5.41) is 12.8. The molecule has 1 amide bonds. The number of nitrogens with one attached hydrogen (secondary N) is 2. The molecule has 0 spiro atoms. The van der Waals surface area contributed by atoms with E-state index in [-0.39, 0.29) is 12.5 Å². The lowest BCUT2D eigenvalue weighted by molar-refractivity contribution is -0.119. The third kappa shape index (κ3) is 5.06. The smallest absolute Gasteiger partial charge is 0.246 e. The lowest BCUT2D eigenvalue weighted by Gasteiger charge is -1.97.